The number of aromatic nitrogens is 1. The Hall–Kier alpha value is -2.28. The number of ether oxygens (including phenoxy) is 2. The molecule has 0 aliphatic carbocycles. The molecule has 0 saturated heterocycles. The van der Waals surface area contributed by atoms with Gasteiger partial charge in [-0.05, 0) is 37.1 Å². The molecule has 1 heterocycles. The monoisotopic (exact) mass is 435 g/mol. The van der Waals surface area contributed by atoms with Crippen molar-refractivity contribution in [1.82, 2.24) is 4.98 Å². The molecule has 0 unspecified atom stereocenters. The first-order valence-corrected chi connectivity index (χ1v) is 10.00. The molecule has 0 fully saturated rings. The summed E-state index contributed by atoms with van der Waals surface area (Å²) in [6, 6.07) is 7.97. The molecule has 0 aliphatic rings. The highest BCUT2D eigenvalue weighted by Gasteiger charge is 2.16. The molecular weight excluding hydrogens is 417 g/mol. The number of halogens is 2. The van der Waals surface area contributed by atoms with E-state index in [1.165, 1.54) is 36.7 Å². The summed E-state index contributed by atoms with van der Waals surface area (Å²) in [5, 5.41) is 7.57. The summed E-state index contributed by atoms with van der Waals surface area (Å²) in [5.74, 6) is 0.798. The minimum Gasteiger partial charge on any atom is -0.494 e. The molecule has 0 spiro atoms. The molecule has 3 rings (SSSR count). The van der Waals surface area contributed by atoms with Crippen LogP contribution in [-0.4, -0.2) is 25.4 Å². The van der Waals surface area contributed by atoms with Gasteiger partial charge in [0.2, 0.25) is 5.13 Å². The molecule has 1 N–H and O–H groups in total. The number of rotatable bonds is 6. The maximum absolute atomic E-state index is 6.28. The van der Waals surface area contributed by atoms with E-state index in [4.69, 9.17) is 32.7 Å². The van der Waals surface area contributed by atoms with Crippen molar-refractivity contribution in [2.45, 2.75) is 13.8 Å². The van der Waals surface area contributed by atoms with Gasteiger partial charge >= 0.3 is 0 Å². The van der Waals surface area contributed by atoms with Crippen molar-refractivity contribution in [2.75, 3.05) is 19.6 Å². The lowest BCUT2D eigenvalue weighted by molar-refractivity contribution is 0.394. The standard InChI is InChI=1S/C20H19Cl2N3O2S/c1-11-5-6-13(7-12(11)2)16-10-28-20(24-16)25-23-9-14-8-15(21)19(27-4)17(22)18(14)26-3/h5-10H,1-4H3,(H,24,25)/b23-9-. The van der Waals surface area contributed by atoms with E-state index in [0.29, 0.717) is 32.2 Å². The van der Waals surface area contributed by atoms with Crippen LogP contribution in [0.1, 0.15) is 16.7 Å². The predicted octanol–water partition coefficient (Wildman–Crippen LogP) is 6.20. The number of methoxy groups -OCH3 is 2. The van der Waals surface area contributed by atoms with Crippen LogP contribution in [0.3, 0.4) is 0 Å². The number of hydrogen-bond acceptors (Lipinski definition) is 6. The zero-order valence-electron chi connectivity index (χ0n) is 15.8. The summed E-state index contributed by atoms with van der Waals surface area (Å²) in [4.78, 5) is 4.58. The Kier molecular flexibility index (Phi) is 6.44. The number of nitrogens with one attached hydrogen (secondary N) is 1. The lowest BCUT2D eigenvalue weighted by atomic mass is 10.1. The molecule has 5 nitrogen and oxygen atoms in total. The highest BCUT2D eigenvalue weighted by Crippen LogP contribution is 2.41. The van der Waals surface area contributed by atoms with Gasteiger partial charge < -0.3 is 9.47 Å². The number of anilines is 1. The molecule has 1 aromatic heterocycles. The Balaban J connectivity index is 1.79. The number of hydrazone groups is 1. The Morgan fingerprint density at radius 3 is 2.50 bits per heavy atom. The molecule has 8 heteroatoms. The highest BCUT2D eigenvalue weighted by atomic mass is 35.5. The summed E-state index contributed by atoms with van der Waals surface area (Å²) in [7, 11) is 3.02. The third-order valence-corrected chi connectivity index (χ3v) is 5.61. The first kappa shape index (κ1) is 20.5. The van der Waals surface area contributed by atoms with E-state index in [1.54, 1.807) is 12.3 Å². The quantitative estimate of drug-likeness (QED) is 0.369. The second kappa shape index (κ2) is 8.82. The van der Waals surface area contributed by atoms with E-state index < -0.39 is 0 Å². The molecule has 0 saturated carbocycles. The van der Waals surface area contributed by atoms with E-state index in [1.807, 2.05) is 5.38 Å². The second-order valence-electron chi connectivity index (χ2n) is 6.04. The summed E-state index contributed by atoms with van der Waals surface area (Å²) in [5.41, 5.74) is 8.02. The van der Waals surface area contributed by atoms with E-state index in [2.05, 4.69) is 47.6 Å². The van der Waals surface area contributed by atoms with Gasteiger partial charge in [0.1, 0.15) is 10.8 Å². The van der Waals surface area contributed by atoms with Gasteiger partial charge in [-0.25, -0.2) is 4.98 Å². The number of benzene rings is 2. The SMILES string of the molecule is COc1c(Cl)cc(/C=N\Nc2nc(-c3ccc(C)c(C)c3)cs2)c(OC)c1Cl. The van der Waals surface area contributed by atoms with E-state index >= 15 is 0 Å². The van der Waals surface area contributed by atoms with Crippen LogP contribution in [-0.2, 0) is 0 Å². The van der Waals surface area contributed by atoms with E-state index in [-0.39, 0.29) is 0 Å². The maximum atomic E-state index is 6.28. The fraction of sp³-hybridized carbons (Fsp3) is 0.200. The average molecular weight is 436 g/mol. The van der Waals surface area contributed by atoms with Crippen LogP contribution in [0.25, 0.3) is 11.3 Å². The zero-order chi connectivity index (χ0) is 20.3. The first-order chi connectivity index (χ1) is 13.4. The van der Waals surface area contributed by atoms with Gasteiger partial charge in [0.25, 0.3) is 0 Å². The average Bonchev–Trinajstić information content (AvgIpc) is 3.13. The fourth-order valence-corrected chi connectivity index (χ4v) is 3.98. The highest BCUT2D eigenvalue weighted by molar-refractivity contribution is 7.14. The Labute approximate surface area is 177 Å². The van der Waals surface area contributed by atoms with Gasteiger partial charge in [-0.2, -0.15) is 5.10 Å². The first-order valence-electron chi connectivity index (χ1n) is 8.36. The molecule has 0 radical (unpaired) electrons. The number of hydrogen-bond donors (Lipinski definition) is 1. The third kappa shape index (κ3) is 4.24. The van der Waals surface area contributed by atoms with Crippen molar-refractivity contribution < 1.29 is 9.47 Å². The smallest absolute Gasteiger partial charge is 0.203 e. The topological polar surface area (TPSA) is 55.7 Å². The third-order valence-electron chi connectivity index (χ3n) is 4.24. The Morgan fingerprint density at radius 1 is 1.07 bits per heavy atom. The molecule has 3 aromatic rings. The van der Waals surface area contributed by atoms with E-state index in [0.717, 1.165) is 11.3 Å². The minimum absolute atomic E-state index is 0.297. The van der Waals surface area contributed by atoms with Crippen molar-refractivity contribution >= 4 is 45.9 Å². The molecule has 0 atom stereocenters. The molecule has 0 bridgehead atoms. The van der Waals surface area contributed by atoms with Gasteiger partial charge in [0.05, 0.1) is 31.2 Å². The van der Waals surface area contributed by atoms with Crippen LogP contribution >= 0.6 is 34.5 Å². The molecular formula is C20H19Cl2N3O2S. The number of aryl methyl sites for hydroxylation is 2. The van der Waals surface area contributed by atoms with Crippen molar-refractivity contribution in [3.05, 3.63) is 56.4 Å². The van der Waals surface area contributed by atoms with Crippen LogP contribution in [0.4, 0.5) is 5.13 Å². The van der Waals surface area contributed by atoms with Crippen molar-refractivity contribution in [1.29, 1.82) is 0 Å². The number of nitrogens with zero attached hydrogens (tertiary/aromatic N) is 2. The lowest BCUT2D eigenvalue weighted by Gasteiger charge is -2.12. The Morgan fingerprint density at radius 2 is 1.82 bits per heavy atom. The predicted molar refractivity (Wildman–Crippen MR) is 118 cm³/mol. The molecule has 2 aromatic carbocycles. The van der Waals surface area contributed by atoms with Crippen molar-refractivity contribution in [2.24, 2.45) is 5.10 Å². The summed E-state index contributed by atoms with van der Waals surface area (Å²) in [6.45, 7) is 4.18. The molecule has 146 valence electrons. The summed E-state index contributed by atoms with van der Waals surface area (Å²) in [6.07, 6.45) is 1.58. The van der Waals surface area contributed by atoms with Gasteiger partial charge in [-0.15, -0.1) is 11.3 Å². The molecule has 0 amide bonds. The normalized spacial score (nSPS) is 11.1. The zero-order valence-corrected chi connectivity index (χ0v) is 18.2. The minimum atomic E-state index is 0.297. The van der Waals surface area contributed by atoms with Gasteiger partial charge in [0, 0.05) is 16.5 Å². The van der Waals surface area contributed by atoms with E-state index in [9.17, 15) is 0 Å². The van der Waals surface area contributed by atoms with Gasteiger partial charge in [-0.3, -0.25) is 5.43 Å². The largest absolute Gasteiger partial charge is 0.494 e. The Bertz CT molecular complexity index is 1030. The van der Waals surface area contributed by atoms with Crippen LogP contribution in [0.15, 0.2) is 34.7 Å². The van der Waals surface area contributed by atoms with Crippen molar-refractivity contribution in [3.63, 3.8) is 0 Å². The summed E-state index contributed by atoms with van der Waals surface area (Å²) < 4.78 is 10.6. The number of thiazole rings is 1. The molecule has 28 heavy (non-hydrogen) atoms. The lowest BCUT2D eigenvalue weighted by Crippen LogP contribution is -1.97. The van der Waals surface area contributed by atoms with Gasteiger partial charge in [0.15, 0.2) is 5.75 Å². The van der Waals surface area contributed by atoms with Crippen molar-refractivity contribution in [3.8, 4) is 22.8 Å². The van der Waals surface area contributed by atoms with Crippen LogP contribution in [0, 0.1) is 13.8 Å². The summed E-state index contributed by atoms with van der Waals surface area (Å²) >= 11 is 14.0. The van der Waals surface area contributed by atoms with Crippen LogP contribution in [0.2, 0.25) is 10.0 Å². The van der Waals surface area contributed by atoms with Crippen LogP contribution in [0.5, 0.6) is 11.5 Å². The fourth-order valence-electron chi connectivity index (χ4n) is 2.61. The molecule has 0 aliphatic heterocycles. The second-order valence-corrected chi connectivity index (χ2v) is 7.68. The maximum Gasteiger partial charge on any atom is 0.203 e. The van der Waals surface area contributed by atoms with Crippen LogP contribution < -0.4 is 14.9 Å². The van der Waals surface area contributed by atoms with Gasteiger partial charge in [-0.1, -0.05) is 35.3 Å².